The van der Waals surface area contributed by atoms with Gasteiger partial charge in [0.1, 0.15) is 11.5 Å². The van der Waals surface area contributed by atoms with E-state index in [1.807, 2.05) is 12.1 Å². The van der Waals surface area contributed by atoms with Crippen LogP contribution in [-0.4, -0.2) is 24.8 Å². The summed E-state index contributed by atoms with van der Waals surface area (Å²) in [6.07, 6.45) is 19.7. The third-order valence-electron chi connectivity index (χ3n) is 10.3. The predicted octanol–water partition coefficient (Wildman–Crippen LogP) is 12.1. The molecule has 1 saturated carbocycles. The largest absolute Gasteiger partial charge is 0.412 e. The summed E-state index contributed by atoms with van der Waals surface area (Å²) in [7, 11) is 0. The van der Waals surface area contributed by atoms with Crippen LogP contribution in [0.15, 0.2) is 36.4 Å². The summed E-state index contributed by atoms with van der Waals surface area (Å²) in [6.45, 7) is 16.1. The molecule has 6 heteroatoms. The van der Waals surface area contributed by atoms with Gasteiger partial charge in [0, 0.05) is 12.6 Å². The molecule has 50 heavy (non-hydrogen) atoms. The standard InChI is InChI=1S/C44H70N2O4/c1-8-12-16-20-34-24-26-39(36(28-34)22-18-14-10-3)49-41(47)45-33-44(7)31-38(30-43(5,6)32-44)46-42(48)50-40-27-25-35(21-17-13-9-2)29-37(40)23-19-15-11-4/h24-29,38H,8-23,30-33H2,1-7H3,(H,45,47)(H,46,48). The lowest BCUT2D eigenvalue weighted by molar-refractivity contribution is 0.0701. The number of nitrogens with one attached hydrogen (secondary N) is 2. The minimum atomic E-state index is -0.414. The molecule has 0 saturated heterocycles. The zero-order chi connectivity index (χ0) is 36.4. The summed E-state index contributed by atoms with van der Waals surface area (Å²) in [4.78, 5) is 26.6. The maximum atomic E-state index is 13.4. The van der Waals surface area contributed by atoms with Gasteiger partial charge >= 0.3 is 12.2 Å². The molecular formula is C44H70N2O4. The van der Waals surface area contributed by atoms with Gasteiger partial charge in [0.2, 0.25) is 0 Å². The third-order valence-corrected chi connectivity index (χ3v) is 10.3. The quantitative estimate of drug-likeness (QED) is 0.128. The molecule has 2 N–H and O–H groups in total. The van der Waals surface area contributed by atoms with E-state index in [2.05, 4.69) is 83.4 Å². The second-order valence-electron chi connectivity index (χ2n) is 16.2. The zero-order valence-corrected chi connectivity index (χ0v) is 32.8. The van der Waals surface area contributed by atoms with Crippen LogP contribution in [0, 0.1) is 10.8 Å². The van der Waals surface area contributed by atoms with Crippen molar-refractivity contribution < 1.29 is 19.1 Å². The van der Waals surface area contributed by atoms with Crippen molar-refractivity contribution >= 4 is 12.2 Å². The number of ether oxygens (including phenoxy) is 2. The number of amides is 2. The number of carbonyl (C=O) groups is 2. The highest BCUT2D eigenvalue weighted by Gasteiger charge is 2.42. The number of hydrogen-bond acceptors (Lipinski definition) is 4. The van der Waals surface area contributed by atoms with Crippen molar-refractivity contribution in [3.8, 4) is 11.5 Å². The summed E-state index contributed by atoms with van der Waals surface area (Å²) in [5.41, 5.74) is 4.66. The smallest absolute Gasteiger partial charge is 0.410 e. The molecule has 2 aromatic rings. The van der Waals surface area contributed by atoms with Crippen LogP contribution >= 0.6 is 0 Å². The fourth-order valence-electron chi connectivity index (χ4n) is 8.04. The Hall–Kier alpha value is -3.02. The second kappa shape index (κ2) is 21.4. The Morgan fingerprint density at radius 3 is 1.58 bits per heavy atom. The van der Waals surface area contributed by atoms with Gasteiger partial charge in [-0.25, -0.2) is 9.59 Å². The highest BCUT2D eigenvalue weighted by atomic mass is 16.6. The first-order chi connectivity index (χ1) is 24.0. The van der Waals surface area contributed by atoms with Gasteiger partial charge in [0.05, 0.1) is 0 Å². The number of hydrogen-bond donors (Lipinski definition) is 2. The molecule has 1 fully saturated rings. The Morgan fingerprint density at radius 1 is 0.640 bits per heavy atom. The van der Waals surface area contributed by atoms with Crippen LogP contribution < -0.4 is 20.1 Å². The zero-order valence-electron chi connectivity index (χ0n) is 32.8. The summed E-state index contributed by atoms with van der Waals surface area (Å²) in [5.74, 6) is 1.33. The molecule has 1 aliphatic carbocycles. The minimum absolute atomic E-state index is 0.0119. The first-order valence-electron chi connectivity index (χ1n) is 20.2. The van der Waals surface area contributed by atoms with Crippen molar-refractivity contribution in [1.82, 2.24) is 10.6 Å². The van der Waals surface area contributed by atoms with Gasteiger partial charge in [0.25, 0.3) is 0 Å². The van der Waals surface area contributed by atoms with Crippen molar-refractivity contribution in [3.63, 3.8) is 0 Å². The Bertz CT molecular complexity index is 1320. The Balaban J connectivity index is 1.62. The van der Waals surface area contributed by atoms with E-state index in [1.54, 1.807) is 0 Å². The predicted molar refractivity (Wildman–Crippen MR) is 209 cm³/mol. The molecule has 0 heterocycles. The maximum Gasteiger partial charge on any atom is 0.412 e. The topological polar surface area (TPSA) is 76.7 Å². The fraction of sp³-hybridized carbons (Fsp3) is 0.682. The van der Waals surface area contributed by atoms with Gasteiger partial charge in [-0.15, -0.1) is 0 Å². The van der Waals surface area contributed by atoms with Crippen LogP contribution in [0.25, 0.3) is 0 Å². The first-order valence-corrected chi connectivity index (χ1v) is 20.2. The highest BCUT2D eigenvalue weighted by Crippen LogP contribution is 2.46. The van der Waals surface area contributed by atoms with E-state index in [-0.39, 0.29) is 16.9 Å². The molecule has 0 bridgehead atoms. The molecule has 6 nitrogen and oxygen atoms in total. The molecule has 0 aromatic heterocycles. The van der Waals surface area contributed by atoms with Gasteiger partial charge in [-0.3, -0.25) is 0 Å². The number of carbonyl (C=O) groups excluding carboxylic acids is 2. The van der Waals surface area contributed by atoms with Crippen molar-refractivity contribution in [3.05, 3.63) is 58.7 Å². The highest BCUT2D eigenvalue weighted by molar-refractivity contribution is 5.72. The Kier molecular flexibility index (Phi) is 17.7. The monoisotopic (exact) mass is 691 g/mol. The molecule has 3 rings (SSSR count). The van der Waals surface area contributed by atoms with Crippen LogP contribution in [0.5, 0.6) is 11.5 Å². The number of benzene rings is 2. The average molecular weight is 691 g/mol. The van der Waals surface area contributed by atoms with E-state index in [0.29, 0.717) is 18.0 Å². The normalized spacial score (nSPS) is 18.4. The first kappa shape index (κ1) is 41.4. The molecule has 2 atom stereocenters. The van der Waals surface area contributed by atoms with Crippen molar-refractivity contribution in [1.29, 1.82) is 0 Å². The SMILES string of the molecule is CCCCCc1ccc(OC(=O)NCC2(C)CC(NC(=O)Oc3ccc(CCCCC)cc3CCCCC)CC(C)(C)C2)c(CCCCC)c1. The third kappa shape index (κ3) is 14.7. The van der Waals surface area contributed by atoms with Crippen molar-refractivity contribution in [2.45, 2.75) is 177 Å². The lowest BCUT2D eigenvalue weighted by Crippen LogP contribution is -2.51. The molecule has 2 unspecified atom stereocenters. The van der Waals surface area contributed by atoms with Crippen molar-refractivity contribution in [2.75, 3.05) is 6.54 Å². The van der Waals surface area contributed by atoms with E-state index < -0.39 is 12.2 Å². The lowest BCUT2D eigenvalue weighted by Gasteiger charge is -2.46. The molecule has 1 aliphatic rings. The maximum absolute atomic E-state index is 13.4. The van der Waals surface area contributed by atoms with Gasteiger partial charge < -0.3 is 20.1 Å². The summed E-state index contributed by atoms with van der Waals surface area (Å²) >= 11 is 0. The summed E-state index contributed by atoms with van der Waals surface area (Å²) in [6, 6.07) is 12.6. The van der Waals surface area contributed by atoms with Gasteiger partial charge in [-0.2, -0.15) is 0 Å². The lowest BCUT2D eigenvalue weighted by atomic mass is 9.62. The van der Waals surface area contributed by atoms with Crippen LogP contribution in [-0.2, 0) is 25.7 Å². The van der Waals surface area contributed by atoms with Crippen LogP contribution in [0.1, 0.15) is 167 Å². The molecule has 0 radical (unpaired) electrons. The number of aryl methyl sites for hydroxylation is 4. The Morgan fingerprint density at radius 2 is 1.10 bits per heavy atom. The second-order valence-corrected chi connectivity index (χ2v) is 16.2. The summed E-state index contributed by atoms with van der Waals surface area (Å²) < 4.78 is 11.9. The minimum Gasteiger partial charge on any atom is -0.410 e. The molecule has 2 aromatic carbocycles. The molecule has 2 amide bonds. The Labute approximate surface area is 305 Å². The van der Waals surface area contributed by atoms with Crippen LogP contribution in [0.2, 0.25) is 0 Å². The van der Waals surface area contributed by atoms with E-state index in [4.69, 9.17) is 9.47 Å². The molecule has 280 valence electrons. The van der Waals surface area contributed by atoms with E-state index in [1.165, 1.54) is 49.7 Å². The number of unbranched alkanes of at least 4 members (excludes halogenated alkanes) is 8. The summed E-state index contributed by atoms with van der Waals surface area (Å²) in [5, 5.41) is 6.30. The van der Waals surface area contributed by atoms with E-state index >= 15 is 0 Å². The van der Waals surface area contributed by atoms with Gasteiger partial charge in [0.15, 0.2) is 0 Å². The van der Waals surface area contributed by atoms with E-state index in [9.17, 15) is 9.59 Å². The fourth-order valence-corrected chi connectivity index (χ4v) is 8.04. The molecule has 0 aliphatic heterocycles. The van der Waals surface area contributed by atoms with Crippen LogP contribution in [0.4, 0.5) is 9.59 Å². The van der Waals surface area contributed by atoms with E-state index in [0.717, 1.165) is 94.6 Å². The molecule has 0 spiro atoms. The van der Waals surface area contributed by atoms with Gasteiger partial charge in [-0.05, 0) is 116 Å². The number of rotatable bonds is 21. The van der Waals surface area contributed by atoms with Crippen molar-refractivity contribution in [2.24, 2.45) is 10.8 Å². The average Bonchev–Trinajstić information content (AvgIpc) is 3.05. The molecular weight excluding hydrogens is 620 g/mol. The van der Waals surface area contributed by atoms with Gasteiger partial charge in [-0.1, -0.05) is 124 Å². The van der Waals surface area contributed by atoms with Crippen LogP contribution in [0.3, 0.4) is 0 Å².